The molecule has 2 N–H and O–H groups in total. The lowest BCUT2D eigenvalue weighted by Crippen LogP contribution is -2.43. The third kappa shape index (κ3) is 1.34. The van der Waals surface area contributed by atoms with E-state index in [9.17, 15) is 5.11 Å². The number of nitrogens with one attached hydrogen (secondary N) is 1. The van der Waals surface area contributed by atoms with E-state index in [0.29, 0.717) is 11.2 Å². The number of phenolic OH excluding ortho intramolecular Hbond substituents is 1. The normalized spacial score (nSPS) is 21.9. The number of phenols is 1. The zero-order chi connectivity index (χ0) is 11.2. The van der Waals surface area contributed by atoms with Crippen molar-refractivity contribution in [2.45, 2.75) is 19.3 Å². The van der Waals surface area contributed by atoms with Crippen LogP contribution >= 0.6 is 0 Å². The van der Waals surface area contributed by atoms with Crippen LogP contribution in [-0.2, 0) is 0 Å². The minimum Gasteiger partial charge on any atom is -0.506 e. The van der Waals surface area contributed by atoms with Crippen LogP contribution in [0.2, 0.25) is 0 Å². The van der Waals surface area contributed by atoms with E-state index in [2.05, 4.69) is 17.3 Å². The van der Waals surface area contributed by atoms with Gasteiger partial charge in [-0.05, 0) is 25.0 Å². The summed E-state index contributed by atoms with van der Waals surface area (Å²) in [5.41, 5.74) is 2.44. The smallest absolute Gasteiger partial charge is 0.141 e. The molecule has 1 spiro atoms. The lowest BCUT2D eigenvalue weighted by atomic mass is 9.68. The molecule has 1 aromatic carbocycles. The molecule has 0 unspecified atom stereocenters. The molecule has 3 nitrogen and oxygen atoms in total. The molecule has 3 rings (SSSR count). The Hall–Kier alpha value is -1.38. The van der Waals surface area contributed by atoms with Gasteiger partial charge in [0.05, 0.1) is 5.69 Å². The predicted molar refractivity (Wildman–Crippen MR) is 66.2 cm³/mol. The summed E-state index contributed by atoms with van der Waals surface area (Å²) in [7, 11) is 2.08. The van der Waals surface area contributed by atoms with Crippen molar-refractivity contribution >= 4 is 11.4 Å². The topological polar surface area (TPSA) is 35.5 Å². The Morgan fingerprint density at radius 1 is 1.38 bits per heavy atom. The van der Waals surface area contributed by atoms with Gasteiger partial charge in [-0.15, -0.1) is 0 Å². The van der Waals surface area contributed by atoms with Crippen molar-refractivity contribution in [1.82, 2.24) is 0 Å². The summed E-state index contributed by atoms with van der Waals surface area (Å²) in [6, 6.07) is 5.70. The number of para-hydroxylation sites is 1. The van der Waals surface area contributed by atoms with E-state index in [1.807, 2.05) is 12.1 Å². The summed E-state index contributed by atoms with van der Waals surface area (Å²) >= 11 is 0. The van der Waals surface area contributed by atoms with Gasteiger partial charge in [0.15, 0.2) is 0 Å². The van der Waals surface area contributed by atoms with Gasteiger partial charge in [-0.25, -0.2) is 0 Å². The SMILES string of the molecule is CN1CC2(CCC2)CNc2cccc(O)c21. The standard InChI is InChI=1S/C13H18N2O/c1-15-9-13(6-3-7-13)8-14-10-4-2-5-11(16)12(10)15/h2,4-5,14,16H,3,6-9H2,1H3. The fourth-order valence-electron chi connectivity index (χ4n) is 3.01. The largest absolute Gasteiger partial charge is 0.506 e. The van der Waals surface area contributed by atoms with Crippen molar-refractivity contribution in [2.75, 3.05) is 30.4 Å². The van der Waals surface area contributed by atoms with Crippen molar-refractivity contribution in [2.24, 2.45) is 5.41 Å². The Balaban J connectivity index is 1.99. The van der Waals surface area contributed by atoms with Gasteiger partial charge < -0.3 is 15.3 Å². The maximum atomic E-state index is 9.93. The van der Waals surface area contributed by atoms with Crippen LogP contribution in [0.3, 0.4) is 0 Å². The molecule has 1 aliphatic carbocycles. The maximum absolute atomic E-state index is 9.93. The van der Waals surface area contributed by atoms with Crippen LogP contribution in [0.5, 0.6) is 5.75 Å². The van der Waals surface area contributed by atoms with Gasteiger partial charge in [-0.3, -0.25) is 0 Å². The van der Waals surface area contributed by atoms with Gasteiger partial charge in [-0.1, -0.05) is 12.5 Å². The van der Waals surface area contributed by atoms with E-state index in [4.69, 9.17) is 0 Å². The monoisotopic (exact) mass is 218 g/mol. The highest BCUT2D eigenvalue weighted by molar-refractivity contribution is 5.77. The maximum Gasteiger partial charge on any atom is 0.141 e. The first-order valence-electron chi connectivity index (χ1n) is 5.97. The fourth-order valence-corrected chi connectivity index (χ4v) is 3.01. The molecule has 1 saturated carbocycles. The van der Waals surface area contributed by atoms with E-state index >= 15 is 0 Å². The summed E-state index contributed by atoms with van der Waals surface area (Å²) in [5.74, 6) is 0.379. The Kier molecular flexibility index (Phi) is 2.03. The minimum absolute atomic E-state index is 0.379. The number of rotatable bonds is 0. The van der Waals surface area contributed by atoms with Gasteiger partial charge in [0.1, 0.15) is 11.4 Å². The van der Waals surface area contributed by atoms with Gasteiger partial charge >= 0.3 is 0 Å². The van der Waals surface area contributed by atoms with Crippen molar-refractivity contribution in [1.29, 1.82) is 0 Å². The van der Waals surface area contributed by atoms with Crippen LogP contribution in [-0.4, -0.2) is 25.2 Å². The molecule has 0 saturated heterocycles. The minimum atomic E-state index is 0.379. The van der Waals surface area contributed by atoms with E-state index < -0.39 is 0 Å². The van der Waals surface area contributed by atoms with Crippen LogP contribution in [0.4, 0.5) is 11.4 Å². The van der Waals surface area contributed by atoms with Crippen LogP contribution in [0.25, 0.3) is 0 Å². The first-order chi connectivity index (χ1) is 7.70. The number of hydrogen-bond acceptors (Lipinski definition) is 3. The lowest BCUT2D eigenvalue weighted by molar-refractivity contribution is 0.162. The summed E-state index contributed by atoms with van der Waals surface area (Å²) in [6.07, 6.45) is 3.95. The third-order valence-electron chi connectivity index (χ3n) is 4.04. The number of aromatic hydroxyl groups is 1. The second-order valence-corrected chi connectivity index (χ2v) is 5.24. The highest BCUT2D eigenvalue weighted by Gasteiger charge is 2.40. The molecule has 0 atom stereocenters. The van der Waals surface area contributed by atoms with E-state index in [1.54, 1.807) is 6.07 Å². The summed E-state index contributed by atoms with van der Waals surface area (Å²) in [4.78, 5) is 2.20. The molecule has 1 aliphatic heterocycles. The zero-order valence-electron chi connectivity index (χ0n) is 9.66. The van der Waals surface area contributed by atoms with Crippen molar-refractivity contribution in [3.63, 3.8) is 0 Å². The Morgan fingerprint density at radius 2 is 2.19 bits per heavy atom. The van der Waals surface area contributed by atoms with Crippen molar-refractivity contribution < 1.29 is 5.11 Å². The number of benzene rings is 1. The van der Waals surface area contributed by atoms with Crippen molar-refractivity contribution in [3.8, 4) is 5.75 Å². The third-order valence-corrected chi connectivity index (χ3v) is 4.04. The molecular formula is C13H18N2O. The number of nitrogens with zero attached hydrogens (tertiary/aromatic N) is 1. The van der Waals surface area contributed by atoms with E-state index in [0.717, 1.165) is 24.5 Å². The highest BCUT2D eigenvalue weighted by Crippen LogP contribution is 2.46. The molecule has 0 amide bonds. The molecule has 1 aromatic rings. The van der Waals surface area contributed by atoms with Crippen LogP contribution in [0.15, 0.2) is 18.2 Å². The van der Waals surface area contributed by atoms with Crippen LogP contribution in [0.1, 0.15) is 19.3 Å². The molecule has 3 heteroatoms. The molecule has 0 radical (unpaired) electrons. The molecule has 1 heterocycles. The first kappa shape index (κ1) is 9.82. The number of hydrogen-bond donors (Lipinski definition) is 2. The predicted octanol–water partition coefficient (Wildman–Crippen LogP) is 2.42. The molecule has 1 fully saturated rings. The summed E-state index contributed by atoms with van der Waals surface area (Å²) in [6.45, 7) is 2.08. The van der Waals surface area contributed by atoms with E-state index in [1.165, 1.54) is 19.3 Å². The molecular weight excluding hydrogens is 200 g/mol. The fraction of sp³-hybridized carbons (Fsp3) is 0.538. The quantitative estimate of drug-likeness (QED) is 0.702. The summed E-state index contributed by atoms with van der Waals surface area (Å²) in [5, 5.41) is 13.4. The highest BCUT2D eigenvalue weighted by atomic mass is 16.3. The lowest BCUT2D eigenvalue weighted by Gasteiger charge is -2.43. The second kappa shape index (κ2) is 3.30. The second-order valence-electron chi connectivity index (χ2n) is 5.24. The molecule has 0 aromatic heterocycles. The van der Waals surface area contributed by atoms with Crippen molar-refractivity contribution in [3.05, 3.63) is 18.2 Å². The zero-order valence-corrected chi connectivity index (χ0v) is 9.66. The average Bonchev–Trinajstić information content (AvgIpc) is 2.36. The van der Waals surface area contributed by atoms with E-state index in [-0.39, 0.29) is 0 Å². The number of fused-ring (bicyclic) bond motifs is 1. The molecule has 86 valence electrons. The molecule has 0 bridgehead atoms. The van der Waals surface area contributed by atoms with Gasteiger partial charge in [0, 0.05) is 25.6 Å². The number of anilines is 2. The van der Waals surface area contributed by atoms with Gasteiger partial charge in [-0.2, -0.15) is 0 Å². The van der Waals surface area contributed by atoms with Crippen LogP contribution in [0, 0.1) is 5.41 Å². The van der Waals surface area contributed by atoms with Gasteiger partial charge in [0.2, 0.25) is 0 Å². The van der Waals surface area contributed by atoms with Crippen LogP contribution < -0.4 is 10.2 Å². The first-order valence-corrected chi connectivity index (χ1v) is 5.97. The molecule has 2 aliphatic rings. The molecule has 16 heavy (non-hydrogen) atoms. The summed E-state index contributed by atoms with van der Waals surface area (Å²) < 4.78 is 0. The average molecular weight is 218 g/mol. The Bertz CT molecular complexity index is 412. The Labute approximate surface area is 96.1 Å². The Morgan fingerprint density at radius 3 is 2.88 bits per heavy atom. The van der Waals surface area contributed by atoms with Gasteiger partial charge in [0.25, 0.3) is 0 Å².